The Morgan fingerprint density at radius 1 is 1.24 bits per heavy atom. The third kappa shape index (κ3) is 5.16. The minimum absolute atomic E-state index is 0.124. The minimum Gasteiger partial charge on any atom is -0.380 e. The second-order valence-electron chi connectivity index (χ2n) is 6.05. The first-order chi connectivity index (χ1) is 11.7. The molecule has 4 nitrogen and oxygen atoms in total. The van der Waals surface area contributed by atoms with Crippen LogP contribution in [0.25, 0.3) is 0 Å². The van der Waals surface area contributed by atoms with Crippen molar-refractivity contribution in [2.24, 2.45) is 0 Å². The Bertz CT molecular complexity index is 711. The van der Waals surface area contributed by atoms with Crippen LogP contribution in [-0.2, 0) is 4.74 Å². The van der Waals surface area contributed by atoms with E-state index in [1.165, 1.54) is 11.8 Å². The van der Waals surface area contributed by atoms with Crippen molar-refractivity contribution >= 4 is 5.91 Å². The molecule has 2 atom stereocenters. The molecule has 0 saturated carbocycles. The Balaban J connectivity index is 2.31. The molecule has 1 aromatic heterocycles. The van der Waals surface area contributed by atoms with Crippen LogP contribution in [0.15, 0.2) is 36.4 Å². The summed E-state index contributed by atoms with van der Waals surface area (Å²) >= 11 is 0. The van der Waals surface area contributed by atoms with E-state index in [9.17, 15) is 18.0 Å². The first kappa shape index (κ1) is 19.2. The maximum Gasteiger partial charge on any atom is 0.391 e. The lowest BCUT2D eigenvalue weighted by atomic mass is 9.88. The monoisotopic (exact) mass is 354 g/mol. The van der Waals surface area contributed by atoms with Gasteiger partial charge in [-0.15, -0.1) is 0 Å². The first-order valence-electron chi connectivity index (χ1n) is 7.92. The van der Waals surface area contributed by atoms with Gasteiger partial charge in [0.1, 0.15) is 0 Å². The number of rotatable bonds is 6. The van der Waals surface area contributed by atoms with Crippen molar-refractivity contribution in [3.8, 4) is 0 Å². The fraction of sp³-hybridized carbons (Fsp3) is 0.444. The van der Waals surface area contributed by atoms with Gasteiger partial charge in [0.15, 0.2) is 0 Å². The van der Waals surface area contributed by atoms with Crippen LogP contribution in [-0.4, -0.2) is 35.1 Å². The molecule has 136 valence electrons. The molecule has 2 aromatic rings. The summed E-state index contributed by atoms with van der Waals surface area (Å²) in [5, 5.41) is 4.12. The van der Waals surface area contributed by atoms with Gasteiger partial charge in [-0.3, -0.25) is 4.79 Å². The molecular weight excluding hydrogens is 333 g/mol. The van der Waals surface area contributed by atoms with Crippen molar-refractivity contribution in [2.75, 3.05) is 7.11 Å². The third-order valence-electron chi connectivity index (χ3n) is 4.05. The van der Waals surface area contributed by atoms with Crippen LogP contribution >= 0.6 is 0 Å². The minimum atomic E-state index is -4.38. The lowest BCUT2D eigenvalue weighted by molar-refractivity contribution is -0.160. The van der Waals surface area contributed by atoms with Crippen LogP contribution in [0.5, 0.6) is 0 Å². The SMILES string of the molecule is CO[C@@H](CC(F)(F)F)[C@H](CC(=O)n1nc(C)cc1C)c1ccccc1. The van der Waals surface area contributed by atoms with E-state index in [4.69, 9.17) is 4.74 Å². The Labute approximate surface area is 144 Å². The lowest BCUT2D eigenvalue weighted by Gasteiger charge is -2.27. The highest BCUT2D eigenvalue weighted by Gasteiger charge is 2.37. The van der Waals surface area contributed by atoms with Crippen LogP contribution in [0.2, 0.25) is 0 Å². The van der Waals surface area contributed by atoms with Gasteiger partial charge in [-0.05, 0) is 25.5 Å². The predicted molar refractivity (Wildman–Crippen MR) is 87.6 cm³/mol. The summed E-state index contributed by atoms with van der Waals surface area (Å²) < 4.78 is 45.1. The van der Waals surface area contributed by atoms with Crippen LogP contribution in [0.1, 0.15) is 40.5 Å². The molecule has 0 fully saturated rings. The highest BCUT2D eigenvalue weighted by Crippen LogP contribution is 2.33. The van der Waals surface area contributed by atoms with E-state index in [0.29, 0.717) is 17.0 Å². The van der Waals surface area contributed by atoms with Crippen molar-refractivity contribution in [3.05, 3.63) is 53.3 Å². The molecule has 0 aliphatic heterocycles. The molecule has 7 heteroatoms. The zero-order valence-electron chi connectivity index (χ0n) is 14.4. The maximum absolute atomic E-state index is 12.9. The molecular formula is C18H21F3N2O2. The highest BCUT2D eigenvalue weighted by molar-refractivity contribution is 5.79. The summed E-state index contributed by atoms with van der Waals surface area (Å²) in [6.07, 6.45) is -6.77. The summed E-state index contributed by atoms with van der Waals surface area (Å²) in [5.41, 5.74) is 1.97. The number of hydrogen-bond acceptors (Lipinski definition) is 3. The van der Waals surface area contributed by atoms with Crippen LogP contribution < -0.4 is 0 Å². The predicted octanol–water partition coefficient (Wildman–Crippen LogP) is 4.28. The van der Waals surface area contributed by atoms with Gasteiger partial charge in [-0.25, -0.2) is 4.68 Å². The van der Waals surface area contributed by atoms with Crippen molar-refractivity contribution in [3.63, 3.8) is 0 Å². The smallest absolute Gasteiger partial charge is 0.380 e. The van der Waals surface area contributed by atoms with Gasteiger partial charge in [0.2, 0.25) is 5.91 Å². The average molecular weight is 354 g/mol. The van der Waals surface area contributed by atoms with Gasteiger partial charge in [-0.2, -0.15) is 18.3 Å². The number of aryl methyl sites for hydroxylation is 2. The zero-order chi connectivity index (χ0) is 18.6. The largest absolute Gasteiger partial charge is 0.391 e. The Morgan fingerprint density at radius 3 is 2.36 bits per heavy atom. The van der Waals surface area contributed by atoms with Crippen molar-refractivity contribution in [1.29, 1.82) is 0 Å². The number of nitrogens with zero attached hydrogens (tertiary/aromatic N) is 2. The Morgan fingerprint density at radius 2 is 1.88 bits per heavy atom. The fourth-order valence-corrected chi connectivity index (χ4v) is 2.94. The molecule has 0 unspecified atom stereocenters. The van der Waals surface area contributed by atoms with E-state index in [2.05, 4.69) is 5.10 Å². The Kier molecular flexibility index (Phi) is 6.00. The number of hydrogen-bond donors (Lipinski definition) is 0. The standard InChI is InChI=1S/C18H21F3N2O2/c1-12-9-13(2)23(22-12)17(24)10-15(14-7-5-4-6-8-14)16(25-3)11-18(19,20)21/h4-9,15-16H,10-11H2,1-3H3/t15-,16+/m1/s1. The highest BCUT2D eigenvalue weighted by atomic mass is 19.4. The van der Waals surface area contributed by atoms with Gasteiger partial charge in [0.25, 0.3) is 0 Å². The zero-order valence-corrected chi connectivity index (χ0v) is 14.4. The van der Waals surface area contributed by atoms with E-state index >= 15 is 0 Å². The quantitative estimate of drug-likeness (QED) is 0.778. The maximum atomic E-state index is 12.9. The third-order valence-corrected chi connectivity index (χ3v) is 4.05. The molecule has 0 N–H and O–H groups in total. The number of benzene rings is 1. The van der Waals surface area contributed by atoms with Crippen molar-refractivity contribution < 1.29 is 22.7 Å². The molecule has 2 rings (SSSR count). The van der Waals surface area contributed by atoms with Crippen LogP contribution in [0.4, 0.5) is 13.2 Å². The average Bonchev–Trinajstić information content (AvgIpc) is 2.89. The van der Waals surface area contributed by atoms with E-state index in [-0.39, 0.29) is 12.3 Å². The number of alkyl halides is 3. The van der Waals surface area contributed by atoms with Crippen molar-refractivity contribution in [2.45, 2.75) is 44.9 Å². The molecule has 1 aromatic carbocycles. The number of carbonyl (C=O) groups excluding carboxylic acids is 1. The number of aromatic nitrogens is 2. The number of methoxy groups -OCH3 is 1. The lowest BCUT2D eigenvalue weighted by Crippen LogP contribution is -2.30. The number of halogens is 3. The molecule has 0 radical (unpaired) electrons. The molecule has 25 heavy (non-hydrogen) atoms. The van der Waals surface area contributed by atoms with Crippen LogP contribution in [0, 0.1) is 13.8 Å². The fourth-order valence-electron chi connectivity index (χ4n) is 2.94. The molecule has 0 saturated heterocycles. The van der Waals surface area contributed by atoms with Gasteiger partial charge >= 0.3 is 6.18 Å². The van der Waals surface area contributed by atoms with Gasteiger partial charge in [0, 0.05) is 25.1 Å². The van der Waals surface area contributed by atoms with Gasteiger partial charge in [0.05, 0.1) is 18.2 Å². The second-order valence-corrected chi connectivity index (χ2v) is 6.05. The molecule has 0 aliphatic carbocycles. The molecule has 0 amide bonds. The van der Waals surface area contributed by atoms with Crippen molar-refractivity contribution in [1.82, 2.24) is 9.78 Å². The summed E-state index contributed by atoms with van der Waals surface area (Å²) in [7, 11) is 1.24. The van der Waals surface area contributed by atoms with Crippen LogP contribution in [0.3, 0.4) is 0 Å². The molecule has 1 heterocycles. The molecule has 0 bridgehead atoms. The molecule has 0 spiro atoms. The number of ether oxygens (including phenoxy) is 1. The van der Waals surface area contributed by atoms with E-state index < -0.39 is 24.6 Å². The Hall–Kier alpha value is -2.15. The first-order valence-corrected chi connectivity index (χ1v) is 7.92. The summed E-state index contributed by atoms with van der Waals surface area (Å²) in [5.74, 6) is -1.08. The topological polar surface area (TPSA) is 44.1 Å². The van der Waals surface area contributed by atoms with E-state index in [1.54, 1.807) is 50.2 Å². The van der Waals surface area contributed by atoms with E-state index in [0.717, 1.165) is 0 Å². The van der Waals surface area contributed by atoms with Gasteiger partial charge in [-0.1, -0.05) is 30.3 Å². The normalized spacial score (nSPS) is 14.3. The summed E-state index contributed by atoms with van der Waals surface area (Å²) in [4.78, 5) is 12.6. The number of carbonyl (C=O) groups is 1. The second kappa shape index (κ2) is 7.82. The van der Waals surface area contributed by atoms with E-state index in [1.807, 2.05) is 0 Å². The summed E-state index contributed by atoms with van der Waals surface area (Å²) in [6.45, 7) is 3.49. The summed E-state index contributed by atoms with van der Waals surface area (Å²) in [6, 6.07) is 10.4. The van der Waals surface area contributed by atoms with Gasteiger partial charge < -0.3 is 4.74 Å². The molecule has 0 aliphatic rings.